The van der Waals surface area contributed by atoms with E-state index in [0.29, 0.717) is 11.3 Å². The van der Waals surface area contributed by atoms with Gasteiger partial charge in [-0.3, -0.25) is 4.79 Å². The first kappa shape index (κ1) is 16.3. The predicted molar refractivity (Wildman–Crippen MR) is 99.0 cm³/mol. The molecule has 3 heteroatoms. The van der Waals surface area contributed by atoms with Crippen LogP contribution in [0.2, 0.25) is 5.02 Å². The van der Waals surface area contributed by atoms with Gasteiger partial charge < -0.3 is 4.74 Å². The number of hydrogen-bond acceptors (Lipinski definition) is 2. The molecule has 0 bridgehead atoms. The molecule has 0 aromatic heterocycles. The summed E-state index contributed by atoms with van der Waals surface area (Å²) < 4.78 is 5.57. The Bertz CT molecular complexity index is 913. The van der Waals surface area contributed by atoms with Gasteiger partial charge in [0, 0.05) is 16.7 Å². The van der Waals surface area contributed by atoms with Crippen LogP contribution in [0.15, 0.2) is 66.9 Å². The number of benzene rings is 3. The Morgan fingerprint density at radius 2 is 1.67 bits per heavy atom. The van der Waals surface area contributed by atoms with E-state index in [1.807, 2.05) is 68.4 Å². The quantitative estimate of drug-likeness (QED) is 0.337. The number of ketones is 1. The van der Waals surface area contributed by atoms with Gasteiger partial charge in [-0.25, -0.2) is 0 Å². The summed E-state index contributed by atoms with van der Waals surface area (Å²) in [5.74, 6) is 0.575. The van der Waals surface area contributed by atoms with Crippen molar-refractivity contribution in [2.75, 3.05) is 0 Å². The number of carbonyl (C=O) groups is 1. The molecule has 0 N–H and O–H groups in total. The summed E-state index contributed by atoms with van der Waals surface area (Å²) in [6.45, 7) is 3.85. The third-order valence-corrected chi connectivity index (χ3v) is 4.48. The van der Waals surface area contributed by atoms with Crippen molar-refractivity contribution in [1.29, 1.82) is 0 Å². The molecule has 0 atom stereocenters. The number of fused-ring (bicyclic) bond motifs is 1. The Morgan fingerprint density at radius 3 is 2.42 bits per heavy atom. The second-order valence-corrected chi connectivity index (χ2v) is 6.06. The maximum atomic E-state index is 12.4. The van der Waals surface area contributed by atoms with Crippen molar-refractivity contribution in [3.63, 3.8) is 0 Å². The van der Waals surface area contributed by atoms with Crippen molar-refractivity contribution >= 4 is 28.2 Å². The number of rotatable bonds is 4. The maximum absolute atomic E-state index is 12.4. The SMILES string of the molecule is Cc1cc(OC=CC(=O)c2cccc3ccccc23)cc(C)c1Cl. The van der Waals surface area contributed by atoms with Gasteiger partial charge in [-0.05, 0) is 47.9 Å². The molecule has 0 unspecified atom stereocenters. The monoisotopic (exact) mass is 336 g/mol. The van der Waals surface area contributed by atoms with E-state index in [1.54, 1.807) is 0 Å². The van der Waals surface area contributed by atoms with Crippen LogP contribution in [0, 0.1) is 13.8 Å². The molecule has 0 saturated carbocycles. The van der Waals surface area contributed by atoms with E-state index in [-0.39, 0.29) is 5.78 Å². The number of hydrogen-bond donors (Lipinski definition) is 0. The Hall–Kier alpha value is -2.58. The normalized spacial score (nSPS) is 11.1. The van der Waals surface area contributed by atoms with Crippen LogP contribution < -0.4 is 4.74 Å². The zero-order chi connectivity index (χ0) is 17.1. The first-order valence-corrected chi connectivity index (χ1v) is 8.06. The average molecular weight is 337 g/mol. The number of ether oxygens (including phenoxy) is 1. The molecule has 0 aliphatic rings. The molecule has 0 aliphatic heterocycles. The molecule has 0 spiro atoms. The van der Waals surface area contributed by atoms with Crippen LogP contribution in [0.25, 0.3) is 10.8 Å². The van der Waals surface area contributed by atoms with E-state index in [9.17, 15) is 4.79 Å². The van der Waals surface area contributed by atoms with Crippen LogP contribution in [-0.2, 0) is 0 Å². The molecule has 0 radical (unpaired) electrons. The lowest BCUT2D eigenvalue weighted by Crippen LogP contribution is -1.97. The molecule has 3 rings (SSSR count). The number of aryl methyl sites for hydroxylation is 2. The van der Waals surface area contributed by atoms with E-state index >= 15 is 0 Å². The van der Waals surface area contributed by atoms with Crippen molar-refractivity contribution in [1.82, 2.24) is 0 Å². The Balaban J connectivity index is 1.80. The summed E-state index contributed by atoms with van der Waals surface area (Å²) in [6, 6.07) is 17.2. The highest BCUT2D eigenvalue weighted by Crippen LogP contribution is 2.26. The third-order valence-electron chi connectivity index (χ3n) is 3.89. The van der Waals surface area contributed by atoms with Crippen LogP contribution in [0.3, 0.4) is 0 Å². The van der Waals surface area contributed by atoms with Gasteiger partial charge in [0.1, 0.15) is 5.75 Å². The molecular formula is C21H17ClO2. The third kappa shape index (κ3) is 3.34. The molecule has 0 amide bonds. The minimum Gasteiger partial charge on any atom is -0.465 e. The summed E-state index contributed by atoms with van der Waals surface area (Å²) in [6.07, 6.45) is 2.87. The van der Waals surface area contributed by atoms with Crippen molar-refractivity contribution in [3.8, 4) is 5.75 Å². The Morgan fingerprint density at radius 1 is 1.00 bits per heavy atom. The lowest BCUT2D eigenvalue weighted by atomic mass is 10.0. The van der Waals surface area contributed by atoms with Gasteiger partial charge in [-0.2, -0.15) is 0 Å². The lowest BCUT2D eigenvalue weighted by Gasteiger charge is -2.06. The van der Waals surface area contributed by atoms with Crippen LogP contribution >= 0.6 is 11.6 Å². The predicted octanol–water partition coefficient (Wildman–Crippen LogP) is 5.89. The minimum absolute atomic E-state index is 0.0887. The van der Waals surface area contributed by atoms with Crippen molar-refractivity contribution in [2.24, 2.45) is 0 Å². The number of carbonyl (C=O) groups excluding carboxylic acids is 1. The molecule has 0 heterocycles. The summed E-state index contributed by atoms with van der Waals surface area (Å²) in [5, 5.41) is 2.72. The second kappa shape index (κ2) is 6.90. The highest BCUT2D eigenvalue weighted by Gasteiger charge is 2.07. The fourth-order valence-corrected chi connectivity index (χ4v) is 2.79. The zero-order valence-corrected chi connectivity index (χ0v) is 14.3. The van der Waals surface area contributed by atoms with Gasteiger partial charge >= 0.3 is 0 Å². The van der Waals surface area contributed by atoms with Gasteiger partial charge in [0.25, 0.3) is 0 Å². The molecule has 24 heavy (non-hydrogen) atoms. The topological polar surface area (TPSA) is 26.3 Å². The highest BCUT2D eigenvalue weighted by molar-refractivity contribution is 6.32. The Kier molecular flexibility index (Phi) is 4.68. The number of allylic oxidation sites excluding steroid dienone is 1. The van der Waals surface area contributed by atoms with Crippen LogP contribution in [-0.4, -0.2) is 5.78 Å². The first-order chi connectivity index (χ1) is 11.6. The summed E-state index contributed by atoms with van der Waals surface area (Å²) in [5.41, 5.74) is 2.55. The molecule has 120 valence electrons. The van der Waals surface area contributed by atoms with Crippen LogP contribution in [0.4, 0.5) is 0 Å². The van der Waals surface area contributed by atoms with Crippen LogP contribution in [0.5, 0.6) is 5.75 Å². The van der Waals surface area contributed by atoms with Gasteiger partial charge in [0.15, 0.2) is 5.78 Å². The van der Waals surface area contributed by atoms with Crippen LogP contribution in [0.1, 0.15) is 21.5 Å². The van der Waals surface area contributed by atoms with E-state index in [2.05, 4.69) is 0 Å². The first-order valence-electron chi connectivity index (χ1n) is 7.68. The highest BCUT2D eigenvalue weighted by atomic mass is 35.5. The van der Waals surface area contributed by atoms with E-state index in [4.69, 9.17) is 16.3 Å². The largest absolute Gasteiger partial charge is 0.465 e. The van der Waals surface area contributed by atoms with E-state index in [1.165, 1.54) is 12.3 Å². The van der Waals surface area contributed by atoms with Crippen molar-refractivity contribution in [2.45, 2.75) is 13.8 Å². The fourth-order valence-electron chi connectivity index (χ4n) is 2.68. The molecule has 0 saturated heterocycles. The lowest BCUT2D eigenvalue weighted by molar-refractivity contribution is 0.104. The van der Waals surface area contributed by atoms with Gasteiger partial charge in [-0.1, -0.05) is 54.1 Å². The van der Waals surface area contributed by atoms with E-state index in [0.717, 1.165) is 26.9 Å². The maximum Gasteiger partial charge on any atom is 0.189 e. The minimum atomic E-state index is -0.0887. The fraction of sp³-hybridized carbons (Fsp3) is 0.0952. The number of halogens is 1. The Labute approximate surface area is 146 Å². The average Bonchev–Trinajstić information content (AvgIpc) is 2.59. The smallest absolute Gasteiger partial charge is 0.189 e. The van der Waals surface area contributed by atoms with Gasteiger partial charge in [0.05, 0.1) is 6.26 Å². The summed E-state index contributed by atoms with van der Waals surface area (Å²) in [7, 11) is 0. The van der Waals surface area contributed by atoms with Gasteiger partial charge in [0.2, 0.25) is 0 Å². The zero-order valence-electron chi connectivity index (χ0n) is 13.5. The molecule has 0 fully saturated rings. The molecule has 3 aromatic rings. The second-order valence-electron chi connectivity index (χ2n) is 5.68. The standard InChI is InChI=1S/C21H17ClO2/c1-14-12-17(13-15(2)21(14)22)24-11-10-20(23)19-9-5-7-16-6-3-4-8-18(16)19/h3-13H,1-2H3. The van der Waals surface area contributed by atoms with Gasteiger partial charge in [-0.15, -0.1) is 0 Å². The van der Waals surface area contributed by atoms with E-state index < -0.39 is 0 Å². The summed E-state index contributed by atoms with van der Waals surface area (Å²) >= 11 is 6.14. The molecule has 3 aromatic carbocycles. The molecule has 0 aliphatic carbocycles. The summed E-state index contributed by atoms with van der Waals surface area (Å²) in [4.78, 5) is 12.4. The van der Waals surface area contributed by atoms with Crippen molar-refractivity contribution in [3.05, 3.63) is 88.6 Å². The molecule has 2 nitrogen and oxygen atoms in total. The van der Waals surface area contributed by atoms with Crippen molar-refractivity contribution < 1.29 is 9.53 Å². The molecular weight excluding hydrogens is 320 g/mol.